The van der Waals surface area contributed by atoms with Crippen molar-refractivity contribution in [2.24, 2.45) is 5.92 Å². The third kappa shape index (κ3) is 4.25. The van der Waals surface area contributed by atoms with Crippen molar-refractivity contribution in [1.29, 1.82) is 0 Å². The molecular formula is C24H27ClN4O4S. The molecule has 0 aromatic carbocycles. The van der Waals surface area contributed by atoms with E-state index >= 15 is 0 Å². The van der Waals surface area contributed by atoms with Gasteiger partial charge in [-0.25, -0.2) is 9.97 Å². The van der Waals surface area contributed by atoms with Crippen molar-refractivity contribution in [3.8, 4) is 10.4 Å². The number of carbonyl (C=O) groups excluding carboxylic acids is 3. The lowest BCUT2D eigenvalue weighted by molar-refractivity contribution is -0.139. The Hall–Kier alpha value is -2.36. The van der Waals surface area contributed by atoms with Gasteiger partial charge in [-0.3, -0.25) is 14.4 Å². The first-order valence-corrected chi connectivity index (χ1v) is 12.9. The molecule has 2 aromatic heterocycles. The fourth-order valence-corrected chi connectivity index (χ4v) is 6.65. The summed E-state index contributed by atoms with van der Waals surface area (Å²) < 4.78 is 5.53. The maximum atomic E-state index is 13.7. The van der Waals surface area contributed by atoms with Crippen LogP contribution < -0.4 is 5.32 Å². The fourth-order valence-electron chi connectivity index (χ4n) is 5.32. The number of nitrogens with zero attached hydrogens (tertiary/aromatic N) is 3. The van der Waals surface area contributed by atoms with Crippen LogP contribution in [0.15, 0.2) is 18.3 Å². The highest BCUT2D eigenvalue weighted by Gasteiger charge is 2.53. The van der Waals surface area contributed by atoms with Crippen LogP contribution in [0.5, 0.6) is 0 Å². The maximum absolute atomic E-state index is 13.7. The summed E-state index contributed by atoms with van der Waals surface area (Å²) in [5.74, 6) is 0.0739. The van der Waals surface area contributed by atoms with Crippen LogP contribution in [0.1, 0.15) is 46.9 Å². The number of aromatic nitrogens is 2. The van der Waals surface area contributed by atoms with E-state index in [0.29, 0.717) is 10.7 Å². The number of fused-ring (bicyclic) bond motifs is 1. The topological polar surface area (TPSA) is 101 Å². The van der Waals surface area contributed by atoms with Crippen molar-refractivity contribution < 1.29 is 19.1 Å². The van der Waals surface area contributed by atoms with Crippen LogP contribution in [0.25, 0.3) is 10.4 Å². The molecular weight excluding hydrogens is 476 g/mol. The quantitative estimate of drug-likeness (QED) is 0.631. The van der Waals surface area contributed by atoms with E-state index in [4.69, 9.17) is 16.3 Å². The molecule has 5 rings (SSSR count). The smallest absolute Gasteiger partial charge is 0.262 e. The molecule has 4 atom stereocenters. The summed E-state index contributed by atoms with van der Waals surface area (Å²) in [7, 11) is 0. The summed E-state index contributed by atoms with van der Waals surface area (Å²) >= 11 is 7.75. The number of aryl methyl sites for hydroxylation is 2. The number of Topliss-reactive ketones (excluding diaryl/α,β-unsaturated/α-hetero) is 1. The molecule has 3 aliphatic rings. The Bertz CT molecular complexity index is 1130. The molecule has 3 fully saturated rings. The van der Waals surface area contributed by atoms with Gasteiger partial charge in [-0.15, -0.1) is 22.9 Å². The number of hydrogen-bond donors (Lipinski definition) is 1. The van der Waals surface area contributed by atoms with Crippen molar-refractivity contribution in [1.82, 2.24) is 20.2 Å². The average molecular weight is 503 g/mol. The van der Waals surface area contributed by atoms with Gasteiger partial charge in [0.25, 0.3) is 5.91 Å². The molecule has 2 amide bonds. The first-order chi connectivity index (χ1) is 16.3. The molecule has 4 unspecified atom stereocenters. The van der Waals surface area contributed by atoms with Crippen LogP contribution in [0.3, 0.4) is 0 Å². The second kappa shape index (κ2) is 9.36. The summed E-state index contributed by atoms with van der Waals surface area (Å²) in [5.41, 5.74) is 1.73. The number of thiophene rings is 1. The van der Waals surface area contributed by atoms with Gasteiger partial charge in [-0.1, -0.05) is 12.8 Å². The number of likely N-dealkylation sites (tertiary alicyclic amines) is 1. The molecule has 180 valence electrons. The van der Waals surface area contributed by atoms with Gasteiger partial charge >= 0.3 is 0 Å². The van der Waals surface area contributed by atoms with Gasteiger partial charge in [0.2, 0.25) is 5.91 Å². The Morgan fingerprint density at radius 3 is 2.76 bits per heavy atom. The molecule has 1 aliphatic carbocycles. The predicted octanol–water partition coefficient (Wildman–Crippen LogP) is 2.90. The van der Waals surface area contributed by atoms with Crippen LogP contribution in [0, 0.1) is 19.8 Å². The monoisotopic (exact) mass is 502 g/mol. The molecule has 1 saturated carbocycles. The van der Waals surface area contributed by atoms with E-state index in [9.17, 15) is 14.4 Å². The van der Waals surface area contributed by atoms with Gasteiger partial charge in [0.1, 0.15) is 30.6 Å². The van der Waals surface area contributed by atoms with E-state index in [1.54, 1.807) is 12.3 Å². The summed E-state index contributed by atoms with van der Waals surface area (Å²) in [4.78, 5) is 51.0. The predicted molar refractivity (Wildman–Crippen MR) is 128 cm³/mol. The molecule has 8 nitrogen and oxygen atoms in total. The number of carbonyl (C=O) groups is 3. The zero-order valence-electron chi connectivity index (χ0n) is 19.1. The third-order valence-corrected chi connectivity index (χ3v) is 8.53. The minimum absolute atomic E-state index is 0.0249. The number of alkyl halides is 1. The van der Waals surface area contributed by atoms with Gasteiger partial charge in [-0.2, -0.15) is 0 Å². The van der Waals surface area contributed by atoms with Gasteiger partial charge in [0.15, 0.2) is 5.78 Å². The van der Waals surface area contributed by atoms with Crippen LogP contribution in [0.4, 0.5) is 0 Å². The lowest BCUT2D eigenvalue weighted by Crippen LogP contribution is -2.54. The van der Waals surface area contributed by atoms with Gasteiger partial charge < -0.3 is 15.0 Å². The molecule has 2 aliphatic heterocycles. The fraction of sp³-hybridized carbons (Fsp3) is 0.542. The second-order valence-corrected chi connectivity index (χ2v) is 10.9. The number of hydrogen-bond acceptors (Lipinski definition) is 7. The Labute approximate surface area is 207 Å². The van der Waals surface area contributed by atoms with E-state index in [-0.39, 0.29) is 36.7 Å². The van der Waals surface area contributed by atoms with Crippen molar-refractivity contribution in [3.05, 3.63) is 34.7 Å². The number of nitrogens with one attached hydrogen (secondary N) is 1. The molecule has 34 heavy (non-hydrogen) atoms. The molecule has 10 heteroatoms. The summed E-state index contributed by atoms with van der Waals surface area (Å²) in [6.45, 7) is 3.98. The minimum atomic E-state index is -0.694. The SMILES string of the molecule is Cc1ncc(-c2ccc(C(=O)NC(C(=O)N3CC(Cl)C4OCC(=O)C43)C3CCCC3)s2)c(C)n1. The third-order valence-electron chi connectivity index (χ3n) is 7.02. The van der Waals surface area contributed by atoms with Gasteiger partial charge in [0.05, 0.1) is 10.3 Å². The molecule has 4 heterocycles. The molecule has 1 N–H and O–H groups in total. The number of amides is 2. The summed E-state index contributed by atoms with van der Waals surface area (Å²) in [6.07, 6.45) is 5.06. The maximum Gasteiger partial charge on any atom is 0.262 e. The Morgan fingerprint density at radius 2 is 2.03 bits per heavy atom. The standard InChI is InChI=1S/C24H27ClN4O4S/c1-12-15(9-26-13(2)27-12)18-7-8-19(34-18)23(31)28-20(14-5-3-4-6-14)24(32)29-10-16(25)22-21(29)17(30)11-33-22/h7-9,14,16,20-22H,3-6,10-11H2,1-2H3,(H,28,31). The van der Waals surface area contributed by atoms with Crippen LogP contribution in [-0.4, -0.2) is 69.2 Å². The van der Waals surface area contributed by atoms with E-state index in [0.717, 1.165) is 41.8 Å². The van der Waals surface area contributed by atoms with E-state index in [1.807, 2.05) is 19.9 Å². The van der Waals surface area contributed by atoms with Crippen molar-refractivity contribution in [2.45, 2.75) is 63.1 Å². The van der Waals surface area contributed by atoms with Gasteiger partial charge in [0, 0.05) is 28.9 Å². The number of rotatable bonds is 5. The van der Waals surface area contributed by atoms with Crippen LogP contribution >= 0.6 is 22.9 Å². The van der Waals surface area contributed by atoms with E-state index in [2.05, 4.69) is 15.3 Å². The highest BCUT2D eigenvalue weighted by Crippen LogP contribution is 2.35. The Balaban J connectivity index is 1.36. The summed E-state index contributed by atoms with van der Waals surface area (Å²) in [5, 5.41) is 2.57. The van der Waals surface area contributed by atoms with Crippen LogP contribution in [-0.2, 0) is 14.3 Å². The van der Waals surface area contributed by atoms with E-state index in [1.165, 1.54) is 16.2 Å². The first-order valence-electron chi connectivity index (χ1n) is 11.6. The Kier molecular flexibility index (Phi) is 6.43. The first kappa shape index (κ1) is 23.4. The highest BCUT2D eigenvalue weighted by atomic mass is 35.5. The van der Waals surface area contributed by atoms with Gasteiger partial charge in [-0.05, 0) is 44.7 Å². The second-order valence-electron chi connectivity index (χ2n) is 9.27. The highest BCUT2D eigenvalue weighted by molar-refractivity contribution is 7.17. The van der Waals surface area contributed by atoms with Crippen molar-refractivity contribution in [2.75, 3.05) is 13.2 Å². The van der Waals surface area contributed by atoms with Crippen LogP contribution in [0.2, 0.25) is 0 Å². The number of ether oxygens (including phenoxy) is 1. The number of halogens is 1. The van der Waals surface area contributed by atoms with E-state index < -0.39 is 23.6 Å². The van der Waals surface area contributed by atoms with Crippen molar-refractivity contribution in [3.63, 3.8) is 0 Å². The molecule has 2 saturated heterocycles. The molecule has 0 radical (unpaired) electrons. The molecule has 0 spiro atoms. The Morgan fingerprint density at radius 1 is 1.26 bits per heavy atom. The number of ketones is 1. The lowest BCUT2D eigenvalue weighted by Gasteiger charge is -2.30. The molecule has 2 aromatic rings. The van der Waals surface area contributed by atoms with Crippen molar-refractivity contribution >= 4 is 40.5 Å². The lowest BCUT2D eigenvalue weighted by atomic mass is 9.96. The zero-order valence-corrected chi connectivity index (χ0v) is 20.7. The normalized spacial score (nSPS) is 25.6. The average Bonchev–Trinajstić information content (AvgIpc) is 3.59. The zero-order chi connectivity index (χ0) is 24.0. The molecule has 0 bridgehead atoms. The largest absolute Gasteiger partial charge is 0.366 e. The summed E-state index contributed by atoms with van der Waals surface area (Å²) in [6, 6.07) is 2.29. The minimum Gasteiger partial charge on any atom is -0.366 e.